The van der Waals surface area contributed by atoms with E-state index in [9.17, 15) is 13.2 Å². The fourth-order valence-electron chi connectivity index (χ4n) is 2.51. The predicted octanol–water partition coefficient (Wildman–Crippen LogP) is 1.63. The Labute approximate surface area is 174 Å². The van der Waals surface area contributed by atoms with Crippen molar-refractivity contribution in [1.82, 2.24) is 20.5 Å². The van der Waals surface area contributed by atoms with Crippen molar-refractivity contribution in [2.45, 2.75) is 6.18 Å². The summed E-state index contributed by atoms with van der Waals surface area (Å²) >= 11 is 0. The molecule has 0 radical (unpaired) electrons. The van der Waals surface area contributed by atoms with E-state index in [0.29, 0.717) is 12.5 Å². The zero-order valence-corrected chi connectivity index (χ0v) is 17.5. The van der Waals surface area contributed by atoms with Gasteiger partial charge in [0.2, 0.25) is 0 Å². The molecule has 0 aliphatic carbocycles. The molecule has 1 fully saturated rings. The molecule has 7 nitrogen and oxygen atoms in total. The number of alkyl halides is 3. The Balaban J connectivity index is 0.00000364. The lowest BCUT2D eigenvalue weighted by Crippen LogP contribution is -2.45. The third-order valence-corrected chi connectivity index (χ3v) is 3.87. The number of nitrogens with one attached hydrogen (secondary N) is 3. The van der Waals surface area contributed by atoms with Crippen LogP contribution in [0.25, 0.3) is 0 Å². The summed E-state index contributed by atoms with van der Waals surface area (Å²) in [4.78, 5) is 10.2. The predicted molar refractivity (Wildman–Crippen MR) is 110 cm³/mol. The highest BCUT2D eigenvalue weighted by Crippen LogP contribution is 2.33. The van der Waals surface area contributed by atoms with Gasteiger partial charge in [-0.3, -0.25) is 9.89 Å². The SMILES string of the molecule is CN=C(NCCNc1ncccc1C(F)(F)F)NCCN1CCOCC1.I. The number of morpholine rings is 1. The maximum atomic E-state index is 12.9. The minimum atomic E-state index is -4.43. The van der Waals surface area contributed by atoms with Crippen LogP contribution in [0, 0.1) is 0 Å². The van der Waals surface area contributed by atoms with Gasteiger partial charge in [0.05, 0.1) is 18.8 Å². The lowest BCUT2D eigenvalue weighted by molar-refractivity contribution is -0.137. The van der Waals surface area contributed by atoms with Gasteiger partial charge in [-0.15, -0.1) is 24.0 Å². The summed E-state index contributed by atoms with van der Waals surface area (Å²) in [6.45, 7) is 5.65. The molecule has 27 heavy (non-hydrogen) atoms. The molecule has 1 aromatic heterocycles. The second kappa shape index (κ2) is 12.2. The first-order valence-electron chi connectivity index (χ1n) is 8.51. The van der Waals surface area contributed by atoms with Gasteiger partial charge in [-0.1, -0.05) is 0 Å². The fraction of sp³-hybridized carbons (Fsp3) is 0.625. The van der Waals surface area contributed by atoms with Crippen molar-refractivity contribution in [3.05, 3.63) is 23.9 Å². The van der Waals surface area contributed by atoms with E-state index in [1.54, 1.807) is 7.05 Å². The summed E-state index contributed by atoms with van der Waals surface area (Å²) in [5.41, 5.74) is -0.770. The topological polar surface area (TPSA) is 73.8 Å². The van der Waals surface area contributed by atoms with Gasteiger partial charge in [-0.05, 0) is 12.1 Å². The van der Waals surface area contributed by atoms with Gasteiger partial charge in [0.25, 0.3) is 0 Å². The molecule has 0 bridgehead atoms. The van der Waals surface area contributed by atoms with Gasteiger partial charge < -0.3 is 20.7 Å². The average molecular weight is 502 g/mol. The number of aromatic nitrogens is 1. The van der Waals surface area contributed by atoms with Gasteiger partial charge in [0, 0.05) is 52.5 Å². The molecule has 0 spiro atoms. The van der Waals surface area contributed by atoms with E-state index < -0.39 is 11.7 Å². The largest absolute Gasteiger partial charge is 0.419 e. The summed E-state index contributed by atoms with van der Waals surface area (Å²) in [5, 5.41) is 8.95. The summed E-state index contributed by atoms with van der Waals surface area (Å²) in [7, 11) is 1.65. The molecular weight excluding hydrogens is 476 g/mol. The number of aliphatic imine (C=N–C) groups is 1. The van der Waals surface area contributed by atoms with Crippen LogP contribution in [0.2, 0.25) is 0 Å². The van der Waals surface area contributed by atoms with Crippen molar-refractivity contribution in [2.24, 2.45) is 4.99 Å². The van der Waals surface area contributed by atoms with Gasteiger partial charge >= 0.3 is 6.18 Å². The minimum Gasteiger partial charge on any atom is -0.379 e. The molecule has 0 aromatic carbocycles. The first-order valence-corrected chi connectivity index (χ1v) is 8.51. The number of rotatable bonds is 7. The average Bonchev–Trinajstić information content (AvgIpc) is 2.64. The molecule has 154 valence electrons. The molecule has 1 aromatic rings. The van der Waals surface area contributed by atoms with Gasteiger partial charge in [0.1, 0.15) is 5.82 Å². The van der Waals surface area contributed by atoms with Crippen molar-refractivity contribution in [3.8, 4) is 0 Å². The third kappa shape index (κ3) is 8.47. The number of ether oxygens (including phenoxy) is 1. The molecule has 0 amide bonds. The van der Waals surface area contributed by atoms with Gasteiger partial charge in [-0.25, -0.2) is 4.98 Å². The zero-order chi connectivity index (χ0) is 18.8. The molecule has 11 heteroatoms. The maximum Gasteiger partial charge on any atom is 0.419 e. The van der Waals surface area contributed by atoms with E-state index in [1.165, 1.54) is 12.3 Å². The lowest BCUT2D eigenvalue weighted by atomic mass is 10.2. The second-order valence-corrected chi connectivity index (χ2v) is 5.70. The normalized spacial score (nSPS) is 15.8. The lowest BCUT2D eigenvalue weighted by Gasteiger charge is -2.26. The zero-order valence-electron chi connectivity index (χ0n) is 15.2. The number of nitrogens with zero attached hydrogens (tertiary/aromatic N) is 3. The Morgan fingerprint density at radius 2 is 1.93 bits per heavy atom. The molecule has 0 atom stereocenters. The van der Waals surface area contributed by atoms with Crippen LogP contribution < -0.4 is 16.0 Å². The summed E-state index contributed by atoms with van der Waals surface area (Å²) in [5.74, 6) is 0.439. The van der Waals surface area contributed by atoms with E-state index in [-0.39, 0.29) is 36.3 Å². The Morgan fingerprint density at radius 1 is 1.22 bits per heavy atom. The first kappa shape index (κ1) is 23.7. The smallest absolute Gasteiger partial charge is 0.379 e. The highest BCUT2D eigenvalue weighted by molar-refractivity contribution is 14.0. The van der Waals surface area contributed by atoms with E-state index >= 15 is 0 Å². The number of hydrogen-bond donors (Lipinski definition) is 3. The second-order valence-electron chi connectivity index (χ2n) is 5.70. The van der Waals surface area contributed by atoms with Crippen molar-refractivity contribution in [3.63, 3.8) is 0 Å². The van der Waals surface area contributed by atoms with Crippen LogP contribution in [0.1, 0.15) is 5.56 Å². The van der Waals surface area contributed by atoms with Crippen LogP contribution in [0.5, 0.6) is 0 Å². The van der Waals surface area contributed by atoms with Crippen molar-refractivity contribution >= 4 is 35.8 Å². The number of guanidine groups is 1. The molecule has 1 aliphatic heterocycles. The van der Waals surface area contributed by atoms with Crippen LogP contribution in [0.4, 0.5) is 19.0 Å². The number of halogens is 4. The van der Waals surface area contributed by atoms with E-state index in [4.69, 9.17) is 4.74 Å². The Kier molecular flexibility index (Phi) is 10.7. The monoisotopic (exact) mass is 502 g/mol. The fourth-order valence-corrected chi connectivity index (χ4v) is 2.51. The van der Waals surface area contributed by atoms with Crippen LogP contribution in [0.15, 0.2) is 23.3 Å². The highest BCUT2D eigenvalue weighted by Gasteiger charge is 2.33. The Morgan fingerprint density at radius 3 is 2.59 bits per heavy atom. The molecule has 1 saturated heterocycles. The third-order valence-electron chi connectivity index (χ3n) is 3.87. The molecule has 1 aliphatic rings. The molecule has 0 saturated carbocycles. The number of anilines is 1. The van der Waals surface area contributed by atoms with Crippen LogP contribution >= 0.6 is 24.0 Å². The standard InChI is InChI=1S/C16H25F3N6O.HI/c1-20-15(24-7-8-25-9-11-26-12-10-25)23-6-5-22-14-13(16(17,18)19)3-2-4-21-14;/h2-4H,5-12H2,1H3,(H,21,22)(H2,20,23,24);1H. The number of hydrogen-bond acceptors (Lipinski definition) is 5. The van der Waals surface area contributed by atoms with Crippen molar-refractivity contribution < 1.29 is 17.9 Å². The van der Waals surface area contributed by atoms with Crippen LogP contribution in [0.3, 0.4) is 0 Å². The Bertz CT molecular complexity index is 582. The maximum absolute atomic E-state index is 12.9. The Hall–Kier alpha value is -1.34. The summed E-state index contributed by atoms with van der Waals surface area (Å²) < 4.78 is 44.0. The van der Waals surface area contributed by atoms with Crippen molar-refractivity contribution in [2.75, 3.05) is 64.8 Å². The first-order chi connectivity index (χ1) is 12.5. The minimum absolute atomic E-state index is 0. The van der Waals surface area contributed by atoms with Gasteiger partial charge in [0.15, 0.2) is 5.96 Å². The van der Waals surface area contributed by atoms with Crippen LogP contribution in [-0.4, -0.2) is 75.4 Å². The number of pyridine rings is 1. The van der Waals surface area contributed by atoms with Crippen molar-refractivity contribution in [1.29, 1.82) is 0 Å². The van der Waals surface area contributed by atoms with E-state index in [1.807, 2.05) is 0 Å². The molecule has 0 unspecified atom stereocenters. The van der Waals surface area contributed by atoms with Gasteiger partial charge in [-0.2, -0.15) is 13.2 Å². The van der Waals surface area contributed by atoms with E-state index in [0.717, 1.165) is 45.5 Å². The molecule has 2 rings (SSSR count). The quantitative estimate of drug-likeness (QED) is 0.228. The molecule has 2 heterocycles. The summed E-state index contributed by atoms with van der Waals surface area (Å²) in [6, 6.07) is 2.28. The summed E-state index contributed by atoms with van der Waals surface area (Å²) in [6.07, 6.45) is -3.10. The highest BCUT2D eigenvalue weighted by atomic mass is 127. The van der Waals surface area contributed by atoms with E-state index in [2.05, 4.69) is 30.8 Å². The van der Waals surface area contributed by atoms with Crippen LogP contribution in [-0.2, 0) is 10.9 Å². The molecular formula is C16H26F3IN6O. The molecule has 3 N–H and O–H groups in total.